The van der Waals surface area contributed by atoms with Gasteiger partial charge < -0.3 is 9.47 Å². The lowest BCUT2D eigenvalue weighted by Gasteiger charge is -2.53. The maximum atomic E-state index is 12.2. The predicted molar refractivity (Wildman–Crippen MR) is 100 cm³/mol. The Labute approximate surface area is 158 Å². The van der Waals surface area contributed by atoms with Crippen LogP contribution in [0.3, 0.4) is 0 Å². The molecule has 0 aliphatic heterocycles. The van der Waals surface area contributed by atoms with Gasteiger partial charge in [0.1, 0.15) is 6.10 Å². The zero-order valence-corrected chi connectivity index (χ0v) is 16.4. The normalized spacial score (nSPS) is 31.8. The van der Waals surface area contributed by atoms with E-state index in [1.165, 1.54) is 57.8 Å². The van der Waals surface area contributed by atoms with Crippen LogP contribution in [0.25, 0.3) is 0 Å². The molecule has 0 aromatic heterocycles. The Balaban J connectivity index is 1.25. The Morgan fingerprint density at radius 1 is 0.769 bits per heavy atom. The van der Waals surface area contributed by atoms with Crippen molar-refractivity contribution >= 4 is 11.9 Å². The van der Waals surface area contributed by atoms with E-state index in [1.807, 2.05) is 0 Å². The third-order valence-electron chi connectivity index (χ3n) is 6.70. The van der Waals surface area contributed by atoms with Crippen molar-refractivity contribution < 1.29 is 19.1 Å². The van der Waals surface area contributed by atoms with Gasteiger partial charge >= 0.3 is 11.9 Å². The van der Waals surface area contributed by atoms with Crippen molar-refractivity contribution in [3.63, 3.8) is 0 Å². The van der Waals surface area contributed by atoms with Crippen molar-refractivity contribution in [3.05, 3.63) is 0 Å². The number of unbranched alkanes of at least 4 members (excludes halogenated alkanes) is 5. The van der Waals surface area contributed by atoms with Crippen LogP contribution >= 0.6 is 0 Å². The number of esters is 2. The van der Waals surface area contributed by atoms with Crippen molar-refractivity contribution in [3.8, 4) is 0 Å². The van der Waals surface area contributed by atoms with Crippen molar-refractivity contribution in [2.45, 2.75) is 96.5 Å². The number of hydrogen-bond acceptors (Lipinski definition) is 4. The van der Waals surface area contributed by atoms with Gasteiger partial charge in [-0.3, -0.25) is 9.59 Å². The SMILES string of the molecule is CCCCCCCCOC(=O)CCC(=O)OC1C2CC3CC(C2)CC1C3. The molecule has 0 saturated heterocycles. The van der Waals surface area contributed by atoms with Crippen LogP contribution in [0.15, 0.2) is 0 Å². The number of rotatable bonds is 11. The summed E-state index contributed by atoms with van der Waals surface area (Å²) in [5.74, 6) is 2.44. The number of carbonyl (C=O) groups excluding carboxylic acids is 2. The van der Waals surface area contributed by atoms with E-state index in [0.29, 0.717) is 18.4 Å². The van der Waals surface area contributed by atoms with Crippen LogP contribution in [0.4, 0.5) is 0 Å². The van der Waals surface area contributed by atoms with Gasteiger partial charge in [-0.05, 0) is 62.2 Å². The lowest BCUT2D eigenvalue weighted by atomic mass is 9.55. The fourth-order valence-electron chi connectivity index (χ4n) is 5.62. The predicted octanol–water partition coefficient (Wildman–Crippen LogP) is 5.04. The maximum absolute atomic E-state index is 12.2. The molecule has 4 aliphatic carbocycles. The molecule has 0 aromatic carbocycles. The van der Waals surface area contributed by atoms with Crippen molar-refractivity contribution in [1.29, 1.82) is 0 Å². The minimum atomic E-state index is -0.263. The highest BCUT2D eigenvalue weighted by molar-refractivity contribution is 5.77. The average molecular weight is 365 g/mol. The largest absolute Gasteiger partial charge is 0.466 e. The molecule has 4 heteroatoms. The van der Waals surface area contributed by atoms with Gasteiger partial charge in [0.25, 0.3) is 0 Å². The molecule has 0 spiro atoms. The molecule has 4 saturated carbocycles. The molecule has 4 aliphatic rings. The first-order valence-corrected chi connectivity index (χ1v) is 11.0. The summed E-state index contributed by atoms with van der Waals surface area (Å²) in [4.78, 5) is 24.0. The summed E-state index contributed by atoms with van der Waals surface area (Å²) in [5, 5.41) is 0. The zero-order chi connectivity index (χ0) is 18.4. The minimum absolute atomic E-state index is 0.120. The molecular weight excluding hydrogens is 328 g/mol. The van der Waals surface area contributed by atoms with E-state index in [-0.39, 0.29) is 30.9 Å². The van der Waals surface area contributed by atoms with Gasteiger partial charge in [0.15, 0.2) is 0 Å². The molecule has 0 amide bonds. The van der Waals surface area contributed by atoms with E-state index in [1.54, 1.807) is 0 Å². The Kier molecular flexibility index (Phi) is 7.39. The third kappa shape index (κ3) is 5.47. The van der Waals surface area contributed by atoms with Gasteiger partial charge in [0.05, 0.1) is 19.4 Å². The van der Waals surface area contributed by atoms with E-state index in [9.17, 15) is 9.59 Å². The molecular formula is C22H36O4. The van der Waals surface area contributed by atoms with Gasteiger partial charge in [0.2, 0.25) is 0 Å². The first-order chi connectivity index (χ1) is 12.7. The van der Waals surface area contributed by atoms with Gasteiger partial charge in [0, 0.05) is 0 Å². The minimum Gasteiger partial charge on any atom is -0.466 e. The summed E-state index contributed by atoms with van der Waals surface area (Å²) < 4.78 is 11.0. The van der Waals surface area contributed by atoms with Gasteiger partial charge in [-0.15, -0.1) is 0 Å². The summed E-state index contributed by atoms with van der Waals surface area (Å²) in [5.41, 5.74) is 0. The van der Waals surface area contributed by atoms with Crippen molar-refractivity contribution in [2.75, 3.05) is 6.61 Å². The Hall–Kier alpha value is -1.06. The van der Waals surface area contributed by atoms with Crippen LogP contribution in [-0.4, -0.2) is 24.6 Å². The van der Waals surface area contributed by atoms with E-state index < -0.39 is 0 Å². The summed E-state index contributed by atoms with van der Waals surface area (Å²) in [6.45, 7) is 2.69. The highest BCUT2D eigenvalue weighted by atomic mass is 16.5. The zero-order valence-electron chi connectivity index (χ0n) is 16.4. The van der Waals surface area contributed by atoms with Crippen LogP contribution < -0.4 is 0 Å². The standard InChI is InChI=1S/C22H36O4/c1-2-3-4-5-6-7-10-25-20(23)8-9-21(24)26-22-18-12-16-11-17(14-18)15-19(22)13-16/h16-19,22H,2-15H2,1H3. The van der Waals surface area contributed by atoms with Crippen LogP contribution in [0.5, 0.6) is 0 Å². The lowest BCUT2D eigenvalue weighted by molar-refractivity contribution is -0.172. The maximum Gasteiger partial charge on any atom is 0.306 e. The Morgan fingerprint density at radius 3 is 2.00 bits per heavy atom. The molecule has 0 radical (unpaired) electrons. The lowest BCUT2D eigenvalue weighted by Crippen LogP contribution is -2.50. The Bertz CT molecular complexity index is 445. The van der Waals surface area contributed by atoms with Gasteiger partial charge in [-0.1, -0.05) is 39.0 Å². The molecule has 0 N–H and O–H groups in total. The molecule has 4 fully saturated rings. The first kappa shape index (κ1) is 19.7. The molecule has 0 heterocycles. The monoisotopic (exact) mass is 364 g/mol. The molecule has 4 rings (SSSR count). The molecule has 26 heavy (non-hydrogen) atoms. The van der Waals surface area contributed by atoms with E-state index in [0.717, 1.165) is 24.7 Å². The second kappa shape index (κ2) is 9.75. The number of hydrogen-bond donors (Lipinski definition) is 0. The van der Waals surface area contributed by atoms with Crippen LogP contribution in [-0.2, 0) is 19.1 Å². The quantitative estimate of drug-likeness (QED) is 0.381. The van der Waals surface area contributed by atoms with Crippen LogP contribution in [0.1, 0.15) is 90.4 Å². The smallest absolute Gasteiger partial charge is 0.306 e. The highest BCUT2D eigenvalue weighted by Gasteiger charge is 2.49. The third-order valence-corrected chi connectivity index (χ3v) is 6.70. The first-order valence-electron chi connectivity index (χ1n) is 11.0. The summed E-state index contributed by atoms with van der Waals surface area (Å²) in [6, 6.07) is 0. The highest BCUT2D eigenvalue weighted by Crippen LogP contribution is 2.54. The van der Waals surface area contributed by atoms with Crippen LogP contribution in [0, 0.1) is 23.7 Å². The summed E-state index contributed by atoms with van der Waals surface area (Å²) >= 11 is 0. The average Bonchev–Trinajstić information content (AvgIpc) is 2.61. The number of carbonyl (C=O) groups is 2. The van der Waals surface area contributed by atoms with Crippen molar-refractivity contribution in [2.24, 2.45) is 23.7 Å². The van der Waals surface area contributed by atoms with E-state index >= 15 is 0 Å². The molecule has 0 atom stereocenters. The van der Waals surface area contributed by atoms with Crippen molar-refractivity contribution in [1.82, 2.24) is 0 Å². The molecule has 0 unspecified atom stereocenters. The van der Waals surface area contributed by atoms with E-state index in [2.05, 4.69) is 6.92 Å². The fraction of sp³-hybridized carbons (Fsp3) is 0.909. The molecule has 148 valence electrons. The molecule has 4 nitrogen and oxygen atoms in total. The van der Waals surface area contributed by atoms with Gasteiger partial charge in [-0.2, -0.15) is 0 Å². The summed E-state index contributed by atoms with van der Waals surface area (Å²) in [7, 11) is 0. The molecule has 0 aromatic rings. The van der Waals surface area contributed by atoms with Gasteiger partial charge in [-0.25, -0.2) is 0 Å². The second-order valence-corrected chi connectivity index (χ2v) is 8.87. The van der Waals surface area contributed by atoms with Crippen LogP contribution in [0.2, 0.25) is 0 Å². The summed E-state index contributed by atoms with van der Waals surface area (Å²) in [6.07, 6.45) is 13.8. The Morgan fingerprint density at radius 2 is 1.35 bits per heavy atom. The fourth-order valence-corrected chi connectivity index (χ4v) is 5.62. The number of ether oxygens (including phenoxy) is 2. The second-order valence-electron chi connectivity index (χ2n) is 8.87. The topological polar surface area (TPSA) is 52.6 Å². The van der Waals surface area contributed by atoms with E-state index in [4.69, 9.17) is 9.47 Å². The molecule has 4 bridgehead atoms.